The summed E-state index contributed by atoms with van der Waals surface area (Å²) in [7, 11) is 0. The largest absolute Gasteiger partial charge is 0.368 e. The molecule has 1 aliphatic heterocycles. The first kappa shape index (κ1) is 16.9. The molecule has 2 saturated carbocycles. The topological polar surface area (TPSA) is 76.3 Å². The summed E-state index contributed by atoms with van der Waals surface area (Å²) < 4.78 is 0. The van der Waals surface area contributed by atoms with Gasteiger partial charge in [0.15, 0.2) is 0 Å². The quantitative estimate of drug-likeness (QED) is 0.881. The lowest BCUT2D eigenvalue weighted by Gasteiger charge is -2.33. The van der Waals surface area contributed by atoms with E-state index < -0.39 is 6.04 Å². The van der Waals surface area contributed by atoms with Crippen molar-refractivity contribution in [1.82, 2.24) is 9.88 Å². The third kappa shape index (κ3) is 2.78. The molecule has 1 saturated heterocycles. The Labute approximate surface area is 162 Å². The fourth-order valence-electron chi connectivity index (χ4n) is 4.66. The number of benzene rings is 1. The van der Waals surface area contributed by atoms with E-state index in [0.717, 1.165) is 47.6 Å². The number of nitrogens with zero attached hydrogens (tertiary/aromatic N) is 2. The number of nitrogens with two attached hydrogens (primary N) is 1. The van der Waals surface area contributed by atoms with Crippen LogP contribution >= 0.6 is 11.3 Å². The first-order valence-corrected chi connectivity index (χ1v) is 10.5. The maximum absolute atomic E-state index is 13.5. The Kier molecular flexibility index (Phi) is 3.86. The zero-order valence-corrected chi connectivity index (χ0v) is 16.2. The molecule has 2 amide bonds. The normalized spacial score (nSPS) is 26.6. The first-order valence-electron chi connectivity index (χ1n) is 9.72. The third-order valence-corrected chi connectivity index (χ3v) is 7.46. The van der Waals surface area contributed by atoms with E-state index in [2.05, 4.69) is 31.2 Å². The van der Waals surface area contributed by atoms with Crippen molar-refractivity contribution < 1.29 is 9.59 Å². The molecule has 6 heteroatoms. The molecule has 2 bridgehead atoms. The van der Waals surface area contributed by atoms with Crippen LogP contribution in [0.15, 0.2) is 24.3 Å². The lowest BCUT2D eigenvalue weighted by atomic mass is 9.97. The minimum absolute atomic E-state index is 0.121. The molecule has 2 N–H and O–H groups in total. The van der Waals surface area contributed by atoms with Gasteiger partial charge in [0.05, 0.1) is 9.88 Å². The average molecular weight is 382 g/mol. The Morgan fingerprint density at radius 3 is 2.56 bits per heavy atom. The fourth-order valence-corrected chi connectivity index (χ4v) is 5.89. The lowest BCUT2D eigenvalue weighted by Crippen LogP contribution is -2.51. The predicted octanol–water partition coefficient (Wildman–Crippen LogP) is 3.47. The number of likely N-dealkylation sites (tertiary alicyclic amines) is 1. The number of fused-ring (bicyclic) bond motifs is 2. The minimum atomic E-state index is -0.479. The summed E-state index contributed by atoms with van der Waals surface area (Å²) in [6, 6.07) is 7.87. The Hall–Kier alpha value is -2.21. The maximum atomic E-state index is 13.5. The van der Waals surface area contributed by atoms with Gasteiger partial charge in [-0.05, 0) is 50.5 Å². The summed E-state index contributed by atoms with van der Waals surface area (Å²) in [6.45, 7) is 2.05. The summed E-state index contributed by atoms with van der Waals surface area (Å²) in [5, 5.41) is 1.05. The second-order valence-electron chi connectivity index (χ2n) is 8.16. The van der Waals surface area contributed by atoms with Crippen molar-refractivity contribution in [2.24, 2.45) is 11.7 Å². The van der Waals surface area contributed by atoms with Crippen LogP contribution in [0.4, 0.5) is 0 Å². The third-order valence-electron chi connectivity index (χ3n) is 6.20. The SMILES string of the molecule is Cc1ccc(-c2sc(C3CC3)nc2C(=O)N2[C@@H]3CC[C@@H](C3)[C@H]2C(N)=O)cc1. The van der Waals surface area contributed by atoms with Crippen molar-refractivity contribution in [3.63, 3.8) is 0 Å². The maximum Gasteiger partial charge on any atom is 0.274 e. The van der Waals surface area contributed by atoms with Crippen LogP contribution < -0.4 is 5.73 Å². The van der Waals surface area contributed by atoms with Gasteiger partial charge in [-0.3, -0.25) is 9.59 Å². The zero-order chi connectivity index (χ0) is 18.7. The monoisotopic (exact) mass is 381 g/mol. The van der Waals surface area contributed by atoms with Gasteiger partial charge < -0.3 is 10.6 Å². The standard InChI is InChI=1S/C21H23N3O2S/c1-11-2-4-12(5-3-11)18-16(23-20(27-18)13-6-7-13)21(26)24-15-9-8-14(10-15)17(24)19(22)25/h2-5,13-15,17H,6-10H2,1H3,(H2,22,25)/t14-,15+,17-/m0/s1. The number of primary amides is 1. The van der Waals surface area contributed by atoms with Crippen molar-refractivity contribution in [1.29, 1.82) is 0 Å². The highest BCUT2D eigenvalue weighted by molar-refractivity contribution is 7.15. The van der Waals surface area contributed by atoms with Gasteiger partial charge in [-0.1, -0.05) is 29.8 Å². The number of aromatic nitrogens is 1. The van der Waals surface area contributed by atoms with Crippen LogP contribution in [0.5, 0.6) is 0 Å². The Morgan fingerprint density at radius 1 is 1.15 bits per heavy atom. The van der Waals surface area contributed by atoms with Crippen molar-refractivity contribution in [3.8, 4) is 10.4 Å². The van der Waals surface area contributed by atoms with Crippen LogP contribution in [-0.4, -0.2) is 33.8 Å². The molecule has 3 aliphatic rings. The summed E-state index contributed by atoms with van der Waals surface area (Å²) in [5.74, 6) is 0.193. The van der Waals surface area contributed by atoms with Gasteiger partial charge in [0.2, 0.25) is 5.91 Å². The highest BCUT2D eigenvalue weighted by Crippen LogP contribution is 2.47. The van der Waals surface area contributed by atoms with Gasteiger partial charge in [0.1, 0.15) is 11.7 Å². The summed E-state index contributed by atoms with van der Waals surface area (Å²) in [5.41, 5.74) is 8.38. The molecular formula is C21H23N3O2S. The summed E-state index contributed by atoms with van der Waals surface area (Å²) in [6.07, 6.45) is 5.12. The number of amides is 2. The van der Waals surface area contributed by atoms with E-state index in [1.807, 2.05) is 0 Å². The molecule has 0 unspecified atom stereocenters. The van der Waals surface area contributed by atoms with E-state index in [4.69, 9.17) is 10.7 Å². The van der Waals surface area contributed by atoms with Gasteiger partial charge in [0.25, 0.3) is 5.91 Å². The molecule has 27 heavy (non-hydrogen) atoms. The summed E-state index contributed by atoms with van der Waals surface area (Å²) >= 11 is 1.63. The Morgan fingerprint density at radius 2 is 1.89 bits per heavy atom. The van der Waals surface area contributed by atoms with Gasteiger partial charge >= 0.3 is 0 Å². The van der Waals surface area contributed by atoms with Gasteiger partial charge in [-0.2, -0.15) is 0 Å². The van der Waals surface area contributed by atoms with Gasteiger partial charge in [-0.15, -0.1) is 11.3 Å². The number of rotatable bonds is 4. The molecule has 2 aliphatic carbocycles. The molecule has 0 radical (unpaired) electrons. The van der Waals surface area contributed by atoms with Crippen molar-refractivity contribution in [3.05, 3.63) is 40.5 Å². The molecule has 2 aromatic rings. The van der Waals surface area contributed by atoms with Crippen molar-refractivity contribution in [2.75, 3.05) is 0 Å². The van der Waals surface area contributed by atoms with Crippen LogP contribution in [0.25, 0.3) is 10.4 Å². The fraction of sp³-hybridized carbons (Fsp3) is 0.476. The number of thiazole rings is 1. The molecule has 5 nitrogen and oxygen atoms in total. The molecule has 2 heterocycles. The molecule has 1 aromatic heterocycles. The zero-order valence-electron chi connectivity index (χ0n) is 15.4. The molecule has 0 spiro atoms. The highest BCUT2D eigenvalue weighted by Gasteiger charge is 2.51. The van der Waals surface area contributed by atoms with E-state index >= 15 is 0 Å². The average Bonchev–Trinajstić information content (AvgIpc) is 3.10. The number of hydrogen-bond acceptors (Lipinski definition) is 4. The van der Waals surface area contributed by atoms with E-state index in [1.54, 1.807) is 16.2 Å². The molecule has 140 valence electrons. The number of aryl methyl sites for hydroxylation is 1. The van der Waals surface area contributed by atoms with E-state index in [-0.39, 0.29) is 23.8 Å². The van der Waals surface area contributed by atoms with E-state index in [9.17, 15) is 9.59 Å². The highest BCUT2D eigenvalue weighted by atomic mass is 32.1. The smallest absolute Gasteiger partial charge is 0.274 e. The van der Waals surface area contributed by atoms with Crippen LogP contribution in [0, 0.1) is 12.8 Å². The first-order chi connectivity index (χ1) is 13.0. The van der Waals surface area contributed by atoms with Crippen LogP contribution in [0.2, 0.25) is 0 Å². The number of carbonyl (C=O) groups excluding carboxylic acids is 2. The van der Waals surface area contributed by atoms with E-state index in [0.29, 0.717) is 11.6 Å². The molecule has 1 aromatic carbocycles. The second kappa shape index (κ2) is 6.16. The Bertz CT molecular complexity index is 916. The van der Waals surface area contributed by atoms with Crippen molar-refractivity contribution >= 4 is 23.2 Å². The van der Waals surface area contributed by atoms with Gasteiger partial charge in [-0.25, -0.2) is 4.98 Å². The molecular weight excluding hydrogens is 358 g/mol. The van der Waals surface area contributed by atoms with Crippen LogP contribution in [0.3, 0.4) is 0 Å². The number of carbonyl (C=O) groups is 2. The van der Waals surface area contributed by atoms with Crippen LogP contribution in [0.1, 0.15) is 59.1 Å². The Balaban J connectivity index is 1.56. The minimum Gasteiger partial charge on any atom is -0.368 e. The number of piperidine rings is 1. The molecule has 3 fully saturated rings. The molecule has 3 atom stereocenters. The van der Waals surface area contributed by atoms with Crippen molar-refractivity contribution in [2.45, 2.75) is 57.0 Å². The second-order valence-corrected chi connectivity index (χ2v) is 9.19. The van der Waals surface area contributed by atoms with Gasteiger partial charge in [0, 0.05) is 12.0 Å². The van der Waals surface area contributed by atoms with E-state index in [1.165, 1.54) is 5.56 Å². The van der Waals surface area contributed by atoms with Crippen LogP contribution in [-0.2, 0) is 4.79 Å². The predicted molar refractivity (Wildman–Crippen MR) is 105 cm³/mol. The summed E-state index contributed by atoms with van der Waals surface area (Å²) in [4.78, 5) is 33.0. The molecule has 5 rings (SSSR count). The number of hydrogen-bond donors (Lipinski definition) is 1. The lowest BCUT2D eigenvalue weighted by molar-refractivity contribution is -0.123.